The number of benzene rings is 4. The fraction of sp³-hybridized carbons (Fsp3) is 0.100. The summed E-state index contributed by atoms with van der Waals surface area (Å²) in [6.07, 6.45) is 1.54. The molecule has 1 aliphatic rings. The van der Waals surface area contributed by atoms with E-state index in [1.165, 1.54) is 31.4 Å². The zero-order valence-corrected chi connectivity index (χ0v) is 23.9. The first-order valence-corrected chi connectivity index (χ1v) is 13.9. The lowest BCUT2D eigenvalue weighted by molar-refractivity contribution is -0.384. The van der Waals surface area contributed by atoms with Crippen molar-refractivity contribution in [2.75, 3.05) is 13.7 Å². The van der Waals surface area contributed by atoms with E-state index in [4.69, 9.17) is 9.47 Å². The Hall–Kier alpha value is -4.48. The molecule has 4 aromatic rings. The second-order valence-electron chi connectivity index (χ2n) is 8.96. The minimum absolute atomic E-state index is 0.143. The van der Waals surface area contributed by atoms with E-state index in [1.54, 1.807) is 18.2 Å². The summed E-state index contributed by atoms with van der Waals surface area (Å²) in [7, 11) is 1.51. The maximum Gasteiger partial charge on any atom is 0.293 e. The Balaban J connectivity index is 1.32. The van der Waals surface area contributed by atoms with Gasteiger partial charge in [0.15, 0.2) is 17.3 Å². The fourth-order valence-electron chi connectivity index (χ4n) is 4.32. The Morgan fingerprint density at radius 3 is 2.51 bits per heavy atom. The van der Waals surface area contributed by atoms with Crippen LogP contribution in [0.1, 0.15) is 21.5 Å². The van der Waals surface area contributed by atoms with Crippen LogP contribution in [0.5, 0.6) is 11.5 Å². The summed E-state index contributed by atoms with van der Waals surface area (Å²) in [5, 5.41) is 12.5. The monoisotopic (exact) mass is 632 g/mol. The third-order valence-corrected chi connectivity index (χ3v) is 7.87. The minimum Gasteiger partial charge on any atom is -0.493 e. The number of nitrogens with zero attached hydrogens (tertiary/aromatic N) is 2. The number of hydrogen-bond donors (Lipinski definition) is 0. The Kier molecular flexibility index (Phi) is 8.18. The molecular weight excluding hydrogens is 612 g/mol. The van der Waals surface area contributed by atoms with Crippen molar-refractivity contribution < 1.29 is 28.8 Å². The zero-order chi connectivity index (χ0) is 29.1. The number of carbonyl (C=O) groups excluding carboxylic acids is 3. The number of rotatable bonds is 9. The van der Waals surface area contributed by atoms with Gasteiger partial charge in [0.1, 0.15) is 6.61 Å². The number of methoxy groups -OCH3 is 1. The lowest BCUT2D eigenvalue weighted by Gasteiger charge is -2.15. The van der Waals surface area contributed by atoms with Crippen LogP contribution in [0.15, 0.2) is 88.2 Å². The molecule has 1 aliphatic heterocycles. The first-order chi connectivity index (χ1) is 19.7. The molecule has 0 radical (unpaired) electrons. The van der Waals surface area contributed by atoms with Gasteiger partial charge in [-0.15, -0.1) is 0 Å². The number of amides is 2. The van der Waals surface area contributed by atoms with E-state index >= 15 is 0 Å². The Bertz CT molecular complexity index is 1730. The van der Waals surface area contributed by atoms with Crippen LogP contribution >= 0.6 is 27.7 Å². The molecule has 41 heavy (non-hydrogen) atoms. The SMILES string of the molecule is COc1cc(/C=C2/SC(=O)N(CC(=O)c3ccc([N+](=O)[O-])cc3)C2=O)cc(Br)c1OCc1cccc2ccccc12. The fourth-order valence-corrected chi connectivity index (χ4v) is 5.74. The van der Waals surface area contributed by atoms with E-state index in [0.717, 1.165) is 33.0 Å². The highest BCUT2D eigenvalue weighted by atomic mass is 79.9. The molecule has 0 saturated carbocycles. The molecule has 1 heterocycles. The van der Waals surface area contributed by atoms with Crippen molar-refractivity contribution in [3.8, 4) is 11.5 Å². The number of ether oxygens (including phenoxy) is 2. The van der Waals surface area contributed by atoms with Crippen LogP contribution in [-0.4, -0.2) is 40.4 Å². The van der Waals surface area contributed by atoms with Gasteiger partial charge in [0.05, 0.1) is 28.0 Å². The largest absolute Gasteiger partial charge is 0.493 e. The number of hydrogen-bond acceptors (Lipinski definition) is 8. The number of non-ortho nitro benzene ring substituents is 1. The third kappa shape index (κ3) is 6.01. The van der Waals surface area contributed by atoms with Gasteiger partial charge in [-0.1, -0.05) is 42.5 Å². The number of ketones is 1. The zero-order valence-electron chi connectivity index (χ0n) is 21.5. The highest BCUT2D eigenvalue weighted by Crippen LogP contribution is 2.40. The van der Waals surface area contributed by atoms with Crippen molar-refractivity contribution in [1.82, 2.24) is 4.90 Å². The van der Waals surface area contributed by atoms with Gasteiger partial charge in [0.2, 0.25) is 0 Å². The van der Waals surface area contributed by atoms with Crippen LogP contribution in [0.4, 0.5) is 10.5 Å². The number of halogens is 1. The number of thioether (sulfide) groups is 1. The molecule has 0 spiro atoms. The third-order valence-electron chi connectivity index (χ3n) is 6.38. The van der Waals surface area contributed by atoms with Gasteiger partial charge in [0, 0.05) is 17.7 Å². The normalized spacial score (nSPS) is 14.1. The highest BCUT2D eigenvalue weighted by Gasteiger charge is 2.36. The first kappa shape index (κ1) is 28.1. The molecule has 0 aromatic heterocycles. The number of nitro groups is 1. The summed E-state index contributed by atoms with van der Waals surface area (Å²) in [5.41, 5.74) is 1.59. The molecule has 206 valence electrons. The van der Waals surface area contributed by atoms with E-state index in [1.807, 2.05) is 42.5 Å². The number of imide groups is 1. The van der Waals surface area contributed by atoms with Crippen LogP contribution < -0.4 is 9.47 Å². The van der Waals surface area contributed by atoms with E-state index in [9.17, 15) is 24.5 Å². The predicted octanol–water partition coefficient (Wildman–Crippen LogP) is 7.02. The summed E-state index contributed by atoms with van der Waals surface area (Å²) < 4.78 is 12.3. The smallest absolute Gasteiger partial charge is 0.293 e. The number of carbonyl (C=O) groups is 3. The highest BCUT2D eigenvalue weighted by molar-refractivity contribution is 9.10. The van der Waals surface area contributed by atoms with Crippen LogP contribution in [-0.2, 0) is 11.4 Å². The second-order valence-corrected chi connectivity index (χ2v) is 10.8. The minimum atomic E-state index is -0.610. The molecule has 1 fully saturated rings. The van der Waals surface area contributed by atoms with Crippen LogP contribution in [0.2, 0.25) is 0 Å². The Labute approximate surface area is 247 Å². The van der Waals surface area contributed by atoms with Gasteiger partial charge in [-0.05, 0) is 79.9 Å². The quantitative estimate of drug-likeness (QED) is 0.0836. The summed E-state index contributed by atoms with van der Waals surface area (Å²) in [4.78, 5) is 49.5. The average molecular weight is 633 g/mol. The number of nitro benzene ring substituents is 1. The van der Waals surface area contributed by atoms with Crippen LogP contribution in [0, 0.1) is 10.1 Å². The standard InChI is InChI=1S/C30H21BrN2O7S/c1-39-26-14-18(13-24(31)28(26)40-17-21-7-4-6-19-5-2-3-8-23(19)21)15-27-29(35)32(30(36)41-27)16-25(34)20-9-11-22(12-10-20)33(37)38/h2-15H,16-17H2,1H3/b27-15+. The molecule has 5 rings (SSSR count). The predicted molar refractivity (Wildman–Crippen MR) is 159 cm³/mol. The molecule has 1 saturated heterocycles. The molecule has 0 aliphatic carbocycles. The second kappa shape index (κ2) is 11.9. The Morgan fingerprint density at radius 1 is 1.05 bits per heavy atom. The lowest BCUT2D eigenvalue weighted by atomic mass is 10.1. The van der Waals surface area contributed by atoms with Gasteiger partial charge in [0.25, 0.3) is 16.8 Å². The molecule has 0 atom stereocenters. The molecule has 4 aromatic carbocycles. The summed E-state index contributed by atoms with van der Waals surface area (Å²) >= 11 is 4.25. The number of fused-ring (bicyclic) bond motifs is 1. The Morgan fingerprint density at radius 2 is 1.78 bits per heavy atom. The maximum atomic E-state index is 13.0. The van der Waals surface area contributed by atoms with E-state index in [2.05, 4.69) is 15.9 Å². The summed E-state index contributed by atoms with van der Waals surface area (Å²) in [5.74, 6) is -0.208. The molecule has 2 amide bonds. The van der Waals surface area contributed by atoms with Gasteiger partial charge in [-0.25, -0.2) is 0 Å². The van der Waals surface area contributed by atoms with Crippen molar-refractivity contribution in [3.05, 3.63) is 115 Å². The summed E-state index contributed by atoms with van der Waals surface area (Å²) in [6.45, 7) is -0.175. The van der Waals surface area contributed by atoms with E-state index < -0.39 is 28.4 Å². The average Bonchev–Trinajstić information content (AvgIpc) is 3.23. The van der Waals surface area contributed by atoms with E-state index in [-0.39, 0.29) is 16.2 Å². The van der Waals surface area contributed by atoms with Crippen LogP contribution in [0.3, 0.4) is 0 Å². The molecule has 11 heteroatoms. The van der Waals surface area contributed by atoms with Gasteiger partial charge < -0.3 is 9.47 Å². The van der Waals surface area contributed by atoms with Crippen molar-refractivity contribution in [2.24, 2.45) is 0 Å². The van der Waals surface area contributed by atoms with Gasteiger partial charge in [-0.2, -0.15) is 0 Å². The van der Waals surface area contributed by atoms with Crippen LogP contribution in [0.25, 0.3) is 16.8 Å². The van der Waals surface area contributed by atoms with E-state index in [0.29, 0.717) is 28.1 Å². The molecule has 0 bridgehead atoms. The van der Waals surface area contributed by atoms with Crippen molar-refractivity contribution in [2.45, 2.75) is 6.61 Å². The maximum absolute atomic E-state index is 13.0. The summed E-state index contributed by atoms with van der Waals surface area (Å²) in [6, 6.07) is 22.5. The van der Waals surface area contributed by atoms with Crippen molar-refractivity contribution >= 4 is 67.2 Å². The molecule has 9 nitrogen and oxygen atoms in total. The van der Waals surface area contributed by atoms with Crippen molar-refractivity contribution in [3.63, 3.8) is 0 Å². The topological polar surface area (TPSA) is 116 Å². The first-order valence-electron chi connectivity index (χ1n) is 12.2. The lowest BCUT2D eigenvalue weighted by Crippen LogP contribution is -2.33. The van der Waals surface area contributed by atoms with Gasteiger partial charge >= 0.3 is 0 Å². The number of Topliss-reactive ketones (excluding diaryl/α,β-unsaturated/α-hetero) is 1. The molecular formula is C30H21BrN2O7S. The molecule has 0 N–H and O–H groups in total. The van der Waals surface area contributed by atoms with Gasteiger partial charge in [-0.3, -0.25) is 29.4 Å². The molecule has 0 unspecified atom stereocenters. The van der Waals surface area contributed by atoms with Crippen molar-refractivity contribution in [1.29, 1.82) is 0 Å².